The maximum atomic E-state index is 11.3. The van der Waals surface area contributed by atoms with Crippen molar-refractivity contribution in [3.05, 3.63) is 0 Å². The van der Waals surface area contributed by atoms with E-state index >= 15 is 0 Å². The van der Waals surface area contributed by atoms with E-state index in [1.54, 1.807) is 0 Å². The van der Waals surface area contributed by atoms with E-state index in [1.165, 1.54) is 6.34 Å². The summed E-state index contributed by atoms with van der Waals surface area (Å²) in [4.78, 5) is 19.5. The second-order valence-corrected chi connectivity index (χ2v) is 4.95. The van der Waals surface area contributed by atoms with Crippen LogP contribution < -0.4 is 5.32 Å². The predicted molar refractivity (Wildman–Crippen MR) is 62.5 cm³/mol. The largest absolute Gasteiger partial charge is 0.351 e. The van der Waals surface area contributed by atoms with Crippen molar-refractivity contribution in [3.8, 4) is 0 Å². The SMILES string of the molecule is CC(C)(C)C/N=C\N=C1/CCCNC1=O. The molecule has 1 aliphatic rings. The van der Waals surface area contributed by atoms with Gasteiger partial charge in [0.25, 0.3) is 5.91 Å². The highest BCUT2D eigenvalue weighted by Crippen LogP contribution is 2.12. The fourth-order valence-corrected chi connectivity index (χ4v) is 1.22. The van der Waals surface area contributed by atoms with Crippen LogP contribution in [-0.2, 0) is 4.79 Å². The zero-order valence-corrected chi connectivity index (χ0v) is 9.71. The van der Waals surface area contributed by atoms with Gasteiger partial charge in [0.1, 0.15) is 12.1 Å². The molecule has 1 N–H and O–H groups in total. The molecule has 0 aromatic heterocycles. The molecule has 0 unspecified atom stereocenters. The molecular weight excluding hydrogens is 190 g/mol. The molecule has 4 heteroatoms. The van der Waals surface area contributed by atoms with Gasteiger partial charge in [-0.05, 0) is 18.3 Å². The van der Waals surface area contributed by atoms with Gasteiger partial charge in [0.05, 0.1) is 0 Å². The van der Waals surface area contributed by atoms with Gasteiger partial charge in [-0.1, -0.05) is 20.8 Å². The number of rotatable bonds is 2. The van der Waals surface area contributed by atoms with Crippen LogP contribution in [0.25, 0.3) is 0 Å². The molecule has 1 rings (SSSR count). The quantitative estimate of drug-likeness (QED) is 0.542. The first-order valence-corrected chi connectivity index (χ1v) is 5.32. The third-order valence-electron chi connectivity index (χ3n) is 2.00. The summed E-state index contributed by atoms with van der Waals surface area (Å²) >= 11 is 0. The van der Waals surface area contributed by atoms with Crippen LogP contribution in [0.4, 0.5) is 0 Å². The lowest BCUT2D eigenvalue weighted by Gasteiger charge is -2.14. The zero-order chi connectivity index (χ0) is 11.3. The van der Waals surface area contributed by atoms with Crippen molar-refractivity contribution < 1.29 is 4.79 Å². The molecule has 1 saturated heterocycles. The van der Waals surface area contributed by atoms with E-state index < -0.39 is 0 Å². The van der Waals surface area contributed by atoms with Crippen LogP contribution >= 0.6 is 0 Å². The Morgan fingerprint density at radius 1 is 1.47 bits per heavy atom. The number of aliphatic imine (C=N–C) groups is 2. The van der Waals surface area contributed by atoms with Crippen LogP contribution in [0.5, 0.6) is 0 Å². The van der Waals surface area contributed by atoms with Gasteiger partial charge >= 0.3 is 0 Å². The first kappa shape index (κ1) is 11.9. The van der Waals surface area contributed by atoms with E-state index in [0.717, 1.165) is 25.9 Å². The third-order valence-corrected chi connectivity index (χ3v) is 2.00. The lowest BCUT2D eigenvalue weighted by molar-refractivity contribution is -0.115. The molecular formula is C11H19N3O. The van der Waals surface area contributed by atoms with E-state index in [0.29, 0.717) is 5.71 Å². The number of carbonyl (C=O) groups excluding carboxylic acids is 1. The number of hydrogen-bond donors (Lipinski definition) is 1. The summed E-state index contributed by atoms with van der Waals surface area (Å²) in [7, 11) is 0. The van der Waals surface area contributed by atoms with Crippen LogP contribution in [0.15, 0.2) is 9.98 Å². The van der Waals surface area contributed by atoms with E-state index in [4.69, 9.17) is 0 Å². The van der Waals surface area contributed by atoms with Crippen LogP contribution in [0.1, 0.15) is 33.6 Å². The molecule has 84 valence electrons. The van der Waals surface area contributed by atoms with Crippen LogP contribution in [0, 0.1) is 5.41 Å². The van der Waals surface area contributed by atoms with Crippen LogP contribution in [0.3, 0.4) is 0 Å². The molecule has 0 aliphatic carbocycles. The maximum absolute atomic E-state index is 11.3. The molecule has 0 aromatic rings. The van der Waals surface area contributed by atoms with Crippen LogP contribution in [0.2, 0.25) is 0 Å². The summed E-state index contributed by atoms with van der Waals surface area (Å²) in [6.45, 7) is 7.84. The summed E-state index contributed by atoms with van der Waals surface area (Å²) in [6, 6.07) is 0. The van der Waals surface area contributed by atoms with Gasteiger partial charge < -0.3 is 5.32 Å². The smallest absolute Gasteiger partial charge is 0.265 e. The fourth-order valence-electron chi connectivity index (χ4n) is 1.22. The van der Waals surface area contributed by atoms with Crippen molar-refractivity contribution in [2.75, 3.05) is 13.1 Å². The van der Waals surface area contributed by atoms with Gasteiger partial charge in [0.2, 0.25) is 0 Å². The molecule has 0 spiro atoms. The fraction of sp³-hybridized carbons (Fsp3) is 0.727. The Labute approximate surface area is 90.9 Å². The van der Waals surface area contributed by atoms with E-state index in [9.17, 15) is 4.79 Å². The number of nitrogens with zero attached hydrogens (tertiary/aromatic N) is 2. The summed E-state index contributed by atoms with van der Waals surface area (Å²) < 4.78 is 0. The van der Waals surface area contributed by atoms with Gasteiger partial charge in [-0.3, -0.25) is 9.79 Å². The highest BCUT2D eigenvalue weighted by molar-refractivity contribution is 6.40. The Morgan fingerprint density at radius 2 is 2.20 bits per heavy atom. The van der Waals surface area contributed by atoms with Gasteiger partial charge in [-0.2, -0.15) is 0 Å². The number of amides is 1. The van der Waals surface area contributed by atoms with Gasteiger partial charge in [0, 0.05) is 13.1 Å². The second-order valence-electron chi connectivity index (χ2n) is 4.95. The number of piperidine rings is 1. The summed E-state index contributed by atoms with van der Waals surface area (Å²) in [5.41, 5.74) is 0.768. The molecule has 0 bridgehead atoms. The van der Waals surface area contributed by atoms with E-state index in [2.05, 4.69) is 36.1 Å². The van der Waals surface area contributed by atoms with Crippen molar-refractivity contribution in [1.82, 2.24) is 5.32 Å². The van der Waals surface area contributed by atoms with E-state index in [1.807, 2.05) is 0 Å². The number of hydrogen-bond acceptors (Lipinski definition) is 2. The standard InChI is InChI=1S/C11H19N3O/c1-11(2,3)7-12-8-14-9-5-4-6-13-10(9)15/h8H,4-7H2,1-3H3,(H,13,15)/b12-8-,14-9+. The lowest BCUT2D eigenvalue weighted by atomic mass is 9.98. The normalized spacial score (nSPS) is 21.0. The van der Waals surface area contributed by atoms with Crippen molar-refractivity contribution in [1.29, 1.82) is 0 Å². The predicted octanol–water partition coefficient (Wildman–Crippen LogP) is 1.41. The molecule has 4 nitrogen and oxygen atoms in total. The Bertz CT molecular complexity index is 287. The monoisotopic (exact) mass is 209 g/mol. The molecule has 0 saturated carbocycles. The summed E-state index contributed by atoms with van der Waals surface area (Å²) in [5.74, 6) is -0.0524. The summed E-state index contributed by atoms with van der Waals surface area (Å²) in [5, 5.41) is 2.76. The molecule has 1 aliphatic heterocycles. The highest BCUT2D eigenvalue weighted by atomic mass is 16.1. The molecule has 1 fully saturated rings. The van der Waals surface area contributed by atoms with Crippen molar-refractivity contribution >= 4 is 18.0 Å². The average molecular weight is 209 g/mol. The van der Waals surface area contributed by atoms with Gasteiger partial charge in [0.15, 0.2) is 0 Å². The molecule has 0 atom stereocenters. The number of carbonyl (C=O) groups is 1. The van der Waals surface area contributed by atoms with Gasteiger partial charge in [-0.15, -0.1) is 0 Å². The lowest BCUT2D eigenvalue weighted by Crippen LogP contribution is -2.36. The Hall–Kier alpha value is -1.19. The van der Waals surface area contributed by atoms with Crippen LogP contribution in [-0.4, -0.2) is 31.0 Å². The van der Waals surface area contributed by atoms with E-state index in [-0.39, 0.29) is 11.3 Å². The highest BCUT2D eigenvalue weighted by Gasteiger charge is 2.14. The van der Waals surface area contributed by atoms with Gasteiger partial charge in [-0.25, -0.2) is 4.99 Å². The molecule has 0 radical (unpaired) electrons. The molecule has 1 amide bonds. The minimum atomic E-state index is -0.0524. The first-order chi connectivity index (χ1) is 6.99. The summed E-state index contributed by atoms with van der Waals surface area (Å²) in [6.07, 6.45) is 3.23. The first-order valence-electron chi connectivity index (χ1n) is 5.32. The molecule has 1 heterocycles. The minimum absolute atomic E-state index is 0.0524. The average Bonchev–Trinajstić information content (AvgIpc) is 2.13. The Balaban J connectivity index is 2.45. The second kappa shape index (κ2) is 5.05. The van der Waals surface area contributed by atoms with Crippen molar-refractivity contribution in [2.45, 2.75) is 33.6 Å². The Kier molecular flexibility index (Phi) is 4.00. The van der Waals surface area contributed by atoms with Crippen molar-refractivity contribution in [3.63, 3.8) is 0 Å². The Morgan fingerprint density at radius 3 is 2.80 bits per heavy atom. The maximum Gasteiger partial charge on any atom is 0.265 e. The topological polar surface area (TPSA) is 53.8 Å². The molecule has 15 heavy (non-hydrogen) atoms. The van der Waals surface area contributed by atoms with Crippen molar-refractivity contribution in [2.24, 2.45) is 15.4 Å². The third kappa shape index (κ3) is 4.72. The molecule has 0 aromatic carbocycles. The number of nitrogens with one attached hydrogen (secondary N) is 1. The zero-order valence-electron chi connectivity index (χ0n) is 9.71. The minimum Gasteiger partial charge on any atom is -0.351 e.